The fourth-order valence-electron chi connectivity index (χ4n) is 2.17. The molecule has 0 bridgehead atoms. The van der Waals surface area contributed by atoms with E-state index >= 15 is 0 Å². The summed E-state index contributed by atoms with van der Waals surface area (Å²) in [6.45, 7) is 4.98. The van der Waals surface area contributed by atoms with E-state index in [1.807, 2.05) is 13.8 Å². The summed E-state index contributed by atoms with van der Waals surface area (Å²) >= 11 is 5.92. The highest BCUT2D eigenvalue weighted by atomic mass is 35.5. The number of halogens is 1. The molecule has 19 heavy (non-hydrogen) atoms. The molecule has 0 aliphatic heterocycles. The summed E-state index contributed by atoms with van der Waals surface area (Å²) in [6, 6.07) is 4.94. The normalized spacial score (nSPS) is 10.9. The number of hydrogen-bond acceptors (Lipinski definition) is 3. The van der Waals surface area contributed by atoms with Gasteiger partial charge < -0.3 is 5.01 Å². The Morgan fingerprint density at radius 2 is 1.84 bits per heavy atom. The lowest BCUT2D eigenvalue weighted by atomic mass is 10.2. The van der Waals surface area contributed by atoms with E-state index in [1.54, 1.807) is 30.3 Å². The molecule has 0 N–H and O–H groups in total. The van der Waals surface area contributed by atoms with Gasteiger partial charge in [0.2, 0.25) is 0 Å². The molecule has 0 fully saturated rings. The molecular weight excluding hydrogens is 266 g/mol. The standard InChI is InChI=1S/C13H16ClN3O2/c1-4-16(5-2)17-12(18)10-7-6-9(14)8-11(10)15(3)13(17)19/h6-8H,4-5H2,1-3H3. The maximum Gasteiger partial charge on any atom is 0.350 e. The largest absolute Gasteiger partial charge is 0.350 e. The number of nitrogens with zero attached hydrogens (tertiary/aromatic N) is 3. The molecule has 0 saturated heterocycles. The fraction of sp³-hybridized carbons (Fsp3) is 0.385. The van der Waals surface area contributed by atoms with Crippen LogP contribution in [-0.2, 0) is 7.05 Å². The Labute approximate surface area is 115 Å². The van der Waals surface area contributed by atoms with Gasteiger partial charge in [-0.15, -0.1) is 0 Å². The van der Waals surface area contributed by atoms with Crippen LogP contribution < -0.4 is 16.3 Å². The van der Waals surface area contributed by atoms with Crippen molar-refractivity contribution in [2.45, 2.75) is 13.8 Å². The Morgan fingerprint density at radius 3 is 2.42 bits per heavy atom. The first-order valence-corrected chi connectivity index (χ1v) is 6.55. The lowest BCUT2D eigenvalue weighted by Gasteiger charge is -2.23. The van der Waals surface area contributed by atoms with Gasteiger partial charge >= 0.3 is 5.69 Å². The maximum absolute atomic E-state index is 12.4. The van der Waals surface area contributed by atoms with Crippen LogP contribution in [0.3, 0.4) is 0 Å². The molecule has 0 aliphatic rings. The summed E-state index contributed by atoms with van der Waals surface area (Å²) in [5, 5.41) is 2.69. The maximum atomic E-state index is 12.4. The van der Waals surface area contributed by atoms with Crippen molar-refractivity contribution in [1.82, 2.24) is 9.24 Å². The molecule has 1 aromatic heterocycles. The minimum Gasteiger partial charge on any atom is -0.306 e. The molecular formula is C13H16ClN3O2. The second-order valence-electron chi connectivity index (χ2n) is 4.26. The topological polar surface area (TPSA) is 47.2 Å². The Balaban J connectivity index is 2.93. The molecule has 2 rings (SSSR count). The summed E-state index contributed by atoms with van der Waals surface area (Å²) in [7, 11) is 1.64. The van der Waals surface area contributed by atoms with Crippen molar-refractivity contribution in [1.29, 1.82) is 0 Å². The van der Waals surface area contributed by atoms with Gasteiger partial charge in [0.05, 0.1) is 10.9 Å². The zero-order valence-electron chi connectivity index (χ0n) is 11.2. The van der Waals surface area contributed by atoms with Crippen molar-refractivity contribution in [2.75, 3.05) is 18.1 Å². The summed E-state index contributed by atoms with van der Waals surface area (Å²) in [4.78, 5) is 24.8. The Kier molecular flexibility index (Phi) is 3.66. The predicted octanol–water partition coefficient (Wildman–Crippen LogP) is 1.33. The molecule has 0 amide bonds. The molecule has 6 heteroatoms. The summed E-state index contributed by atoms with van der Waals surface area (Å²) in [6.07, 6.45) is 0. The van der Waals surface area contributed by atoms with Crippen molar-refractivity contribution in [3.8, 4) is 0 Å². The lowest BCUT2D eigenvalue weighted by Crippen LogP contribution is -2.52. The van der Waals surface area contributed by atoms with Crippen molar-refractivity contribution in [3.63, 3.8) is 0 Å². The van der Waals surface area contributed by atoms with Crippen LogP contribution in [0.15, 0.2) is 27.8 Å². The van der Waals surface area contributed by atoms with Gasteiger partial charge in [-0.2, -0.15) is 4.68 Å². The number of aromatic nitrogens is 2. The van der Waals surface area contributed by atoms with E-state index in [0.717, 1.165) is 0 Å². The average Bonchev–Trinajstić information content (AvgIpc) is 2.41. The molecule has 0 unspecified atom stereocenters. The number of benzene rings is 1. The lowest BCUT2D eigenvalue weighted by molar-refractivity contribution is 0.554. The van der Waals surface area contributed by atoms with E-state index < -0.39 is 0 Å². The Hall–Kier alpha value is -1.75. The van der Waals surface area contributed by atoms with Crippen molar-refractivity contribution >= 4 is 22.5 Å². The van der Waals surface area contributed by atoms with E-state index in [0.29, 0.717) is 29.0 Å². The molecule has 5 nitrogen and oxygen atoms in total. The summed E-state index contributed by atoms with van der Waals surface area (Å²) < 4.78 is 2.64. The van der Waals surface area contributed by atoms with Gasteiger partial charge in [0, 0.05) is 25.2 Å². The van der Waals surface area contributed by atoms with Crippen LogP contribution in [0.25, 0.3) is 10.9 Å². The van der Waals surface area contributed by atoms with E-state index in [1.165, 1.54) is 9.24 Å². The van der Waals surface area contributed by atoms with Crippen molar-refractivity contribution in [2.24, 2.45) is 7.05 Å². The van der Waals surface area contributed by atoms with Crippen molar-refractivity contribution in [3.05, 3.63) is 44.1 Å². The van der Waals surface area contributed by atoms with Gasteiger partial charge in [-0.1, -0.05) is 11.6 Å². The smallest absolute Gasteiger partial charge is 0.306 e. The minimum atomic E-state index is -0.358. The van der Waals surface area contributed by atoms with Crippen LogP contribution in [0.5, 0.6) is 0 Å². The third-order valence-electron chi connectivity index (χ3n) is 3.22. The predicted molar refractivity (Wildman–Crippen MR) is 77.8 cm³/mol. The van der Waals surface area contributed by atoms with Crippen LogP contribution in [0, 0.1) is 0 Å². The highest BCUT2D eigenvalue weighted by Crippen LogP contribution is 2.14. The van der Waals surface area contributed by atoms with Crippen LogP contribution >= 0.6 is 11.6 Å². The third-order valence-corrected chi connectivity index (χ3v) is 3.46. The highest BCUT2D eigenvalue weighted by Gasteiger charge is 2.14. The second kappa shape index (κ2) is 5.09. The van der Waals surface area contributed by atoms with Crippen LogP contribution in [0.2, 0.25) is 5.02 Å². The molecule has 102 valence electrons. The Morgan fingerprint density at radius 1 is 1.21 bits per heavy atom. The average molecular weight is 282 g/mol. The highest BCUT2D eigenvalue weighted by molar-refractivity contribution is 6.31. The van der Waals surface area contributed by atoms with Gasteiger partial charge in [0.15, 0.2) is 0 Å². The number of fused-ring (bicyclic) bond motifs is 1. The van der Waals surface area contributed by atoms with Crippen LogP contribution in [-0.4, -0.2) is 22.3 Å². The molecule has 1 heterocycles. The van der Waals surface area contributed by atoms with Crippen molar-refractivity contribution < 1.29 is 0 Å². The van der Waals surface area contributed by atoms with E-state index in [9.17, 15) is 9.59 Å². The zero-order chi connectivity index (χ0) is 14.2. The molecule has 0 radical (unpaired) electrons. The van der Waals surface area contributed by atoms with Crippen LogP contribution in [0.1, 0.15) is 13.8 Å². The zero-order valence-corrected chi connectivity index (χ0v) is 11.9. The van der Waals surface area contributed by atoms with Gasteiger partial charge in [0.25, 0.3) is 5.56 Å². The molecule has 1 aromatic carbocycles. The fourth-order valence-corrected chi connectivity index (χ4v) is 2.33. The molecule has 0 spiro atoms. The number of rotatable bonds is 3. The van der Waals surface area contributed by atoms with Gasteiger partial charge in [-0.25, -0.2) is 4.79 Å². The molecule has 2 aromatic rings. The second-order valence-corrected chi connectivity index (χ2v) is 4.70. The number of aryl methyl sites for hydroxylation is 1. The van der Waals surface area contributed by atoms with E-state index in [-0.39, 0.29) is 11.2 Å². The van der Waals surface area contributed by atoms with E-state index in [2.05, 4.69) is 0 Å². The molecule has 0 saturated carbocycles. The third kappa shape index (κ3) is 2.14. The Bertz CT molecular complexity index is 729. The molecule has 0 atom stereocenters. The van der Waals surface area contributed by atoms with Gasteiger partial charge in [-0.3, -0.25) is 9.36 Å². The van der Waals surface area contributed by atoms with Crippen LogP contribution in [0.4, 0.5) is 0 Å². The van der Waals surface area contributed by atoms with Gasteiger partial charge in [-0.05, 0) is 32.0 Å². The summed E-state index contributed by atoms with van der Waals surface area (Å²) in [5.41, 5.74) is -0.118. The SMILES string of the molecule is CCN(CC)n1c(=O)c2ccc(Cl)cc2n(C)c1=O. The quantitative estimate of drug-likeness (QED) is 0.853. The van der Waals surface area contributed by atoms with E-state index in [4.69, 9.17) is 11.6 Å². The molecule has 0 aliphatic carbocycles. The monoisotopic (exact) mass is 281 g/mol. The summed E-state index contributed by atoms with van der Waals surface area (Å²) in [5.74, 6) is 0. The van der Waals surface area contributed by atoms with Gasteiger partial charge in [0.1, 0.15) is 0 Å². The first kappa shape index (κ1) is 13.7. The number of hydrogen-bond donors (Lipinski definition) is 0. The first-order chi connectivity index (χ1) is 9.01. The minimum absolute atomic E-state index is 0.307. The first-order valence-electron chi connectivity index (χ1n) is 6.17.